The fraction of sp³-hybridized carbons (Fsp3) is 0.727. The van der Waals surface area contributed by atoms with Gasteiger partial charge in [0.05, 0.1) is 0 Å². The van der Waals surface area contributed by atoms with Crippen LogP contribution in [-0.2, 0) is 9.53 Å². The van der Waals surface area contributed by atoms with Gasteiger partial charge in [-0.25, -0.2) is 4.98 Å². The Morgan fingerprint density at radius 3 is 2.78 bits per heavy atom. The Balaban J connectivity index is 2.31. The number of aromatic nitrogens is 2. The molecule has 0 fully saturated rings. The summed E-state index contributed by atoms with van der Waals surface area (Å²) in [6.07, 6.45) is 0.313. The highest BCUT2D eigenvalue weighted by atomic mass is 32.1. The standard InChI is InChI=1S/C11H20N4O2S/c1-7(2)13-9(16)5-6-12-11-14-10(15-18-11)8(3)17-4/h7-8H,5-6H2,1-4H3,(H,13,16)(H,12,14,15). The Labute approximate surface area is 111 Å². The van der Waals surface area contributed by atoms with E-state index in [1.807, 2.05) is 20.8 Å². The Morgan fingerprint density at radius 2 is 2.17 bits per heavy atom. The predicted molar refractivity (Wildman–Crippen MR) is 71.7 cm³/mol. The molecule has 6 nitrogen and oxygen atoms in total. The lowest BCUT2D eigenvalue weighted by Gasteiger charge is -2.08. The molecule has 102 valence electrons. The molecule has 0 spiro atoms. The van der Waals surface area contributed by atoms with E-state index in [1.165, 1.54) is 11.5 Å². The van der Waals surface area contributed by atoms with Crippen molar-refractivity contribution in [2.45, 2.75) is 39.3 Å². The van der Waals surface area contributed by atoms with Crippen LogP contribution < -0.4 is 10.6 Å². The maximum absolute atomic E-state index is 11.4. The van der Waals surface area contributed by atoms with E-state index in [2.05, 4.69) is 20.0 Å². The second-order valence-electron chi connectivity index (χ2n) is 4.23. The molecule has 7 heteroatoms. The monoisotopic (exact) mass is 272 g/mol. The zero-order valence-electron chi connectivity index (χ0n) is 11.2. The van der Waals surface area contributed by atoms with Gasteiger partial charge in [0.2, 0.25) is 11.0 Å². The molecule has 0 saturated heterocycles. The second kappa shape index (κ2) is 7.27. The summed E-state index contributed by atoms with van der Waals surface area (Å²) in [6, 6.07) is 0.174. The third kappa shape index (κ3) is 4.97. The molecule has 1 aromatic heterocycles. The smallest absolute Gasteiger partial charge is 0.221 e. The van der Waals surface area contributed by atoms with Crippen molar-refractivity contribution in [2.75, 3.05) is 19.0 Å². The number of hydrogen-bond acceptors (Lipinski definition) is 6. The van der Waals surface area contributed by atoms with Crippen molar-refractivity contribution < 1.29 is 9.53 Å². The topological polar surface area (TPSA) is 76.1 Å². The van der Waals surface area contributed by atoms with Crippen LogP contribution in [0, 0.1) is 0 Å². The van der Waals surface area contributed by atoms with Gasteiger partial charge in [-0.2, -0.15) is 4.37 Å². The summed E-state index contributed by atoms with van der Waals surface area (Å²) >= 11 is 1.27. The molecule has 0 aliphatic carbocycles. The van der Waals surface area contributed by atoms with Crippen LogP contribution in [0.3, 0.4) is 0 Å². The van der Waals surface area contributed by atoms with Crippen LogP contribution >= 0.6 is 11.5 Å². The number of hydrogen-bond donors (Lipinski definition) is 2. The number of methoxy groups -OCH3 is 1. The van der Waals surface area contributed by atoms with Gasteiger partial charge < -0.3 is 15.4 Å². The summed E-state index contributed by atoms with van der Waals surface area (Å²) in [5, 5.41) is 6.62. The van der Waals surface area contributed by atoms with Crippen molar-refractivity contribution in [1.29, 1.82) is 0 Å². The third-order valence-electron chi connectivity index (χ3n) is 2.24. The Hall–Kier alpha value is -1.21. The molecular weight excluding hydrogens is 252 g/mol. The highest BCUT2D eigenvalue weighted by molar-refractivity contribution is 7.09. The lowest BCUT2D eigenvalue weighted by atomic mass is 10.3. The lowest BCUT2D eigenvalue weighted by Crippen LogP contribution is -2.31. The van der Waals surface area contributed by atoms with E-state index in [1.54, 1.807) is 7.11 Å². The fourth-order valence-corrected chi connectivity index (χ4v) is 1.92. The first-order valence-electron chi connectivity index (χ1n) is 5.92. The minimum atomic E-state index is -0.110. The molecular formula is C11H20N4O2S. The van der Waals surface area contributed by atoms with Gasteiger partial charge in [0.25, 0.3) is 0 Å². The van der Waals surface area contributed by atoms with Crippen molar-refractivity contribution in [2.24, 2.45) is 0 Å². The molecule has 0 radical (unpaired) electrons. The maximum atomic E-state index is 11.4. The molecule has 18 heavy (non-hydrogen) atoms. The van der Waals surface area contributed by atoms with Crippen LogP contribution in [0.25, 0.3) is 0 Å². The van der Waals surface area contributed by atoms with E-state index in [0.717, 1.165) is 0 Å². The second-order valence-corrected chi connectivity index (χ2v) is 4.99. The molecule has 1 atom stereocenters. The number of carbonyl (C=O) groups is 1. The number of anilines is 1. The molecule has 0 saturated carbocycles. The summed E-state index contributed by atoms with van der Waals surface area (Å²) in [7, 11) is 1.62. The highest BCUT2D eigenvalue weighted by Crippen LogP contribution is 2.17. The first-order chi connectivity index (χ1) is 8.52. The van der Waals surface area contributed by atoms with E-state index in [-0.39, 0.29) is 18.1 Å². The average molecular weight is 272 g/mol. The van der Waals surface area contributed by atoms with Crippen LogP contribution in [-0.4, -0.2) is 35.0 Å². The van der Waals surface area contributed by atoms with Gasteiger partial charge in [-0.05, 0) is 20.8 Å². The van der Waals surface area contributed by atoms with E-state index in [9.17, 15) is 4.79 Å². The number of carbonyl (C=O) groups excluding carboxylic acids is 1. The third-order valence-corrected chi connectivity index (χ3v) is 2.92. The fourth-order valence-electron chi connectivity index (χ4n) is 1.25. The zero-order chi connectivity index (χ0) is 13.5. The molecule has 2 N–H and O–H groups in total. The Bertz CT molecular complexity index is 381. The Kier molecular flexibility index (Phi) is 6.00. The molecule has 1 heterocycles. The molecule has 0 aliphatic heterocycles. The predicted octanol–water partition coefficient (Wildman–Crippen LogP) is 1.57. The lowest BCUT2D eigenvalue weighted by molar-refractivity contribution is -0.121. The van der Waals surface area contributed by atoms with Crippen LogP contribution in [0.4, 0.5) is 5.13 Å². The SMILES string of the molecule is COC(C)c1nsc(NCCC(=O)NC(C)C)n1. The summed E-state index contributed by atoms with van der Waals surface area (Å²) in [5.74, 6) is 0.698. The van der Waals surface area contributed by atoms with Gasteiger partial charge in [0, 0.05) is 37.6 Å². The molecule has 0 aliphatic rings. The molecule has 0 aromatic carbocycles. The van der Waals surface area contributed by atoms with Crippen LogP contribution in [0.1, 0.15) is 39.1 Å². The number of ether oxygens (including phenoxy) is 1. The van der Waals surface area contributed by atoms with Crippen molar-refractivity contribution in [3.05, 3.63) is 5.82 Å². The molecule has 0 bridgehead atoms. The number of nitrogens with one attached hydrogen (secondary N) is 2. The van der Waals surface area contributed by atoms with Gasteiger partial charge >= 0.3 is 0 Å². The quantitative estimate of drug-likeness (QED) is 0.788. The van der Waals surface area contributed by atoms with Gasteiger partial charge in [-0.3, -0.25) is 4.79 Å². The summed E-state index contributed by atoms with van der Waals surface area (Å²) < 4.78 is 9.30. The number of rotatable bonds is 7. The number of amides is 1. The van der Waals surface area contributed by atoms with Gasteiger partial charge in [0.1, 0.15) is 6.10 Å². The van der Waals surface area contributed by atoms with Crippen molar-refractivity contribution in [3.8, 4) is 0 Å². The normalized spacial score (nSPS) is 12.5. The summed E-state index contributed by atoms with van der Waals surface area (Å²) in [4.78, 5) is 15.7. The minimum Gasteiger partial charge on any atom is -0.374 e. The average Bonchev–Trinajstić information content (AvgIpc) is 2.75. The van der Waals surface area contributed by atoms with E-state index in [0.29, 0.717) is 23.9 Å². The van der Waals surface area contributed by atoms with E-state index >= 15 is 0 Å². The largest absolute Gasteiger partial charge is 0.374 e. The molecule has 1 amide bonds. The van der Waals surface area contributed by atoms with Crippen molar-refractivity contribution in [3.63, 3.8) is 0 Å². The van der Waals surface area contributed by atoms with Gasteiger partial charge in [0.15, 0.2) is 5.82 Å². The highest BCUT2D eigenvalue weighted by Gasteiger charge is 2.11. The van der Waals surface area contributed by atoms with Gasteiger partial charge in [-0.1, -0.05) is 0 Å². The molecule has 1 rings (SSSR count). The van der Waals surface area contributed by atoms with Crippen molar-refractivity contribution in [1.82, 2.24) is 14.7 Å². The van der Waals surface area contributed by atoms with E-state index < -0.39 is 0 Å². The van der Waals surface area contributed by atoms with Crippen molar-refractivity contribution >= 4 is 22.6 Å². The molecule has 1 aromatic rings. The molecule has 1 unspecified atom stereocenters. The summed E-state index contributed by atoms with van der Waals surface area (Å²) in [6.45, 7) is 6.32. The first-order valence-corrected chi connectivity index (χ1v) is 6.70. The van der Waals surface area contributed by atoms with E-state index in [4.69, 9.17) is 4.74 Å². The number of nitrogens with zero attached hydrogens (tertiary/aromatic N) is 2. The zero-order valence-corrected chi connectivity index (χ0v) is 12.0. The maximum Gasteiger partial charge on any atom is 0.221 e. The van der Waals surface area contributed by atoms with Crippen LogP contribution in [0.5, 0.6) is 0 Å². The first kappa shape index (κ1) is 14.8. The van der Waals surface area contributed by atoms with Crippen LogP contribution in [0.2, 0.25) is 0 Å². The summed E-state index contributed by atoms with van der Waals surface area (Å²) in [5.41, 5.74) is 0. The van der Waals surface area contributed by atoms with Gasteiger partial charge in [-0.15, -0.1) is 0 Å². The van der Waals surface area contributed by atoms with Crippen LogP contribution in [0.15, 0.2) is 0 Å². The minimum absolute atomic E-state index is 0.0347. The Morgan fingerprint density at radius 1 is 1.44 bits per heavy atom.